The van der Waals surface area contributed by atoms with Crippen molar-refractivity contribution < 1.29 is 31.7 Å². The third kappa shape index (κ3) is 6.64. The Morgan fingerprint density at radius 2 is 2.18 bits per heavy atom. The second kappa shape index (κ2) is 9.69. The van der Waals surface area contributed by atoms with Crippen molar-refractivity contribution in [3.05, 3.63) is 30.4 Å². The molecule has 0 radical (unpaired) electrons. The largest absolute Gasteiger partial charge is 0.466 e. The first-order valence-corrected chi connectivity index (χ1v) is 10.6. The number of nitrogens with zero attached hydrogens (tertiary/aromatic N) is 2. The van der Waals surface area contributed by atoms with Crippen molar-refractivity contribution in [1.29, 1.82) is 0 Å². The van der Waals surface area contributed by atoms with Gasteiger partial charge in [-0.2, -0.15) is 8.42 Å². The summed E-state index contributed by atoms with van der Waals surface area (Å²) in [4.78, 5) is 32.5. The molecule has 28 heavy (non-hydrogen) atoms. The number of ether oxygens (including phenoxy) is 2. The van der Waals surface area contributed by atoms with Crippen LogP contribution in [-0.4, -0.2) is 73.5 Å². The summed E-state index contributed by atoms with van der Waals surface area (Å²) < 4.78 is 37.9. The third-order valence-electron chi connectivity index (χ3n) is 4.00. The van der Waals surface area contributed by atoms with Crippen molar-refractivity contribution in [2.24, 2.45) is 0 Å². The molecule has 1 N–H and O–H groups in total. The second-order valence-electron chi connectivity index (χ2n) is 6.37. The van der Waals surface area contributed by atoms with Crippen molar-refractivity contribution >= 4 is 22.2 Å². The van der Waals surface area contributed by atoms with Crippen LogP contribution in [0.3, 0.4) is 0 Å². The number of likely N-dealkylation sites (tertiary alicyclic amines) is 1. The Bertz CT molecular complexity index is 805. The Kier molecular flexibility index (Phi) is 7.58. The van der Waals surface area contributed by atoms with E-state index < -0.39 is 22.3 Å². The highest BCUT2D eigenvalue weighted by atomic mass is 32.2. The van der Waals surface area contributed by atoms with Crippen molar-refractivity contribution in [3.63, 3.8) is 0 Å². The summed E-state index contributed by atoms with van der Waals surface area (Å²) in [5.41, 5.74) is 0.700. The van der Waals surface area contributed by atoms with Crippen molar-refractivity contribution in [2.75, 3.05) is 26.0 Å². The Balaban J connectivity index is 2.06. The number of aromatic nitrogens is 2. The molecule has 1 aromatic heterocycles. The molecule has 10 nitrogen and oxygen atoms in total. The minimum absolute atomic E-state index is 0.0173. The Hall–Kier alpha value is -2.40. The molecule has 0 bridgehead atoms. The summed E-state index contributed by atoms with van der Waals surface area (Å²) in [5.74, 6) is 0.0664. The average Bonchev–Trinajstić information content (AvgIpc) is 3.18. The van der Waals surface area contributed by atoms with Gasteiger partial charge in [0.05, 0.1) is 25.5 Å². The summed E-state index contributed by atoms with van der Waals surface area (Å²) in [7, 11) is -3.65. The quantitative estimate of drug-likeness (QED) is 0.356. The van der Waals surface area contributed by atoms with Crippen LogP contribution in [0.2, 0.25) is 0 Å². The molecule has 2 rings (SSSR count). The third-order valence-corrected chi connectivity index (χ3v) is 4.62. The fourth-order valence-electron chi connectivity index (χ4n) is 3.02. The molecule has 1 aromatic rings. The van der Waals surface area contributed by atoms with Crippen molar-refractivity contribution in [3.8, 4) is 0 Å². The first-order chi connectivity index (χ1) is 13.2. The number of rotatable bonds is 9. The lowest BCUT2D eigenvalue weighted by Gasteiger charge is -2.23. The van der Waals surface area contributed by atoms with Gasteiger partial charge in [0.15, 0.2) is 0 Å². The highest BCUT2D eigenvalue weighted by Crippen LogP contribution is 2.25. The highest BCUT2D eigenvalue weighted by Gasteiger charge is 2.38. The first-order valence-electron chi connectivity index (χ1n) is 8.82. The number of carbonyl (C=O) groups is 2. The van der Waals surface area contributed by atoms with Crippen molar-refractivity contribution in [2.45, 2.75) is 38.3 Å². The van der Waals surface area contributed by atoms with E-state index >= 15 is 0 Å². The van der Waals surface area contributed by atoms with Crippen LogP contribution in [0.15, 0.2) is 18.9 Å². The number of imidazole rings is 1. The van der Waals surface area contributed by atoms with Crippen LogP contribution in [0.4, 0.5) is 4.79 Å². The summed E-state index contributed by atoms with van der Waals surface area (Å²) in [5, 5.41) is 0. The fourth-order valence-corrected chi connectivity index (χ4v) is 3.66. The zero-order chi connectivity index (χ0) is 20.7. The lowest BCUT2D eigenvalue weighted by Crippen LogP contribution is -2.38. The van der Waals surface area contributed by atoms with Gasteiger partial charge < -0.3 is 19.4 Å². The molecular weight excluding hydrogens is 390 g/mol. The van der Waals surface area contributed by atoms with Gasteiger partial charge in [-0.15, -0.1) is 0 Å². The van der Waals surface area contributed by atoms with Crippen LogP contribution in [0, 0.1) is 0 Å². The Morgan fingerprint density at radius 1 is 1.43 bits per heavy atom. The molecule has 2 heterocycles. The SMILES string of the molecule is C=CCOC(=O)N1CC(OS(C)(=O)=O)CC1Cc1cnc(CC(=O)OCC)[nH]1. The monoisotopic (exact) mass is 415 g/mol. The van der Waals surface area contributed by atoms with Gasteiger partial charge >= 0.3 is 12.1 Å². The molecule has 1 aliphatic heterocycles. The molecule has 0 aromatic carbocycles. The predicted molar refractivity (Wildman–Crippen MR) is 99.0 cm³/mol. The molecule has 1 saturated heterocycles. The zero-order valence-corrected chi connectivity index (χ0v) is 16.7. The maximum atomic E-state index is 12.3. The lowest BCUT2D eigenvalue weighted by atomic mass is 10.1. The van der Waals surface area contributed by atoms with E-state index in [0.717, 1.165) is 6.26 Å². The van der Waals surface area contributed by atoms with E-state index in [4.69, 9.17) is 13.7 Å². The average molecular weight is 415 g/mol. The molecule has 1 fully saturated rings. The summed E-state index contributed by atoms with van der Waals surface area (Å²) in [6.45, 7) is 5.65. The van der Waals surface area contributed by atoms with Gasteiger partial charge in [0, 0.05) is 24.4 Å². The van der Waals surface area contributed by atoms with Crippen LogP contribution >= 0.6 is 0 Å². The number of hydrogen-bond acceptors (Lipinski definition) is 8. The maximum Gasteiger partial charge on any atom is 0.410 e. The second-order valence-corrected chi connectivity index (χ2v) is 7.97. The van der Waals surface area contributed by atoms with Crippen LogP contribution in [0.1, 0.15) is 24.9 Å². The number of aromatic amines is 1. The van der Waals surface area contributed by atoms with E-state index in [2.05, 4.69) is 16.5 Å². The van der Waals surface area contributed by atoms with E-state index in [0.29, 0.717) is 24.4 Å². The molecular formula is C17H25N3O7S. The Labute approximate surface area is 164 Å². The van der Waals surface area contributed by atoms with E-state index in [1.807, 2.05) is 0 Å². The normalized spacial score (nSPS) is 19.4. The predicted octanol–water partition coefficient (Wildman–Crippen LogP) is 0.799. The fraction of sp³-hybridized carbons (Fsp3) is 0.588. The molecule has 1 aliphatic rings. The van der Waals surface area contributed by atoms with Gasteiger partial charge in [-0.1, -0.05) is 12.7 Å². The van der Waals surface area contributed by atoms with E-state index in [9.17, 15) is 18.0 Å². The number of H-pyrrole nitrogens is 1. The van der Waals surface area contributed by atoms with Crippen LogP contribution < -0.4 is 0 Å². The number of amides is 1. The Morgan fingerprint density at radius 3 is 2.82 bits per heavy atom. The van der Waals surface area contributed by atoms with E-state index in [1.165, 1.54) is 11.0 Å². The first kappa shape index (κ1) is 21.9. The molecule has 156 valence electrons. The number of hydrogen-bond donors (Lipinski definition) is 1. The molecule has 2 unspecified atom stereocenters. The molecule has 0 saturated carbocycles. The molecule has 11 heteroatoms. The lowest BCUT2D eigenvalue weighted by molar-refractivity contribution is -0.142. The number of esters is 1. The number of carbonyl (C=O) groups excluding carboxylic acids is 2. The van der Waals surface area contributed by atoms with E-state index in [-0.39, 0.29) is 38.2 Å². The molecule has 0 spiro atoms. The van der Waals surface area contributed by atoms with Gasteiger partial charge in [-0.25, -0.2) is 9.78 Å². The van der Waals surface area contributed by atoms with Crippen LogP contribution in [-0.2, 0) is 41.4 Å². The molecule has 0 aliphatic carbocycles. The minimum atomic E-state index is -3.65. The van der Waals surface area contributed by atoms with Gasteiger partial charge in [0.2, 0.25) is 0 Å². The smallest absolute Gasteiger partial charge is 0.410 e. The van der Waals surface area contributed by atoms with Gasteiger partial charge in [-0.05, 0) is 13.3 Å². The van der Waals surface area contributed by atoms with Crippen LogP contribution in [0.25, 0.3) is 0 Å². The van der Waals surface area contributed by atoms with Gasteiger partial charge in [-0.3, -0.25) is 8.98 Å². The zero-order valence-electron chi connectivity index (χ0n) is 15.9. The summed E-state index contributed by atoms with van der Waals surface area (Å²) in [6, 6.07) is -0.347. The summed E-state index contributed by atoms with van der Waals surface area (Å²) >= 11 is 0. The van der Waals surface area contributed by atoms with E-state index in [1.54, 1.807) is 13.1 Å². The standard InChI is InChI=1S/C17H25N3O7S/c1-4-6-26-17(22)20-11-14(27-28(3,23)24)8-13(20)7-12-10-18-15(19-12)9-16(21)25-5-2/h4,10,13-14H,1,5-9,11H2,2-3H3,(H,18,19). The molecule has 2 atom stereocenters. The van der Waals surface area contributed by atoms with Gasteiger partial charge in [0.1, 0.15) is 18.9 Å². The van der Waals surface area contributed by atoms with Crippen LogP contribution in [0.5, 0.6) is 0 Å². The minimum Gasteiger partial charge on any atom is -0.466 e. The molecule has 1 amide bonds. The topological polar surface area (TPSA) is 128 Å². The highest BCUT2D eigenvalue weighted by molar-refractivity contribution is 7.86. The summed E-state index contributed by atoms with van der Waals surface area (Å²) in [6.07, 6.45) is 3.48. The van der Waals surface area contributed by atoms with Crippen molar-refractivity contribution in [1.82, 2.24) is 14.9 Å². The van der Waals surface area contributed by atoms with Gasteiger partial charge in [0.25, 0.3) is 10.1 Å². The maximum absolute atomic E-state index is 12.3. The number of nitrogens with one attached hydrogen (secondary N) is 1.